The highest BCUT2D eigenvalue weighted by molar-refractivity contribution is 5.94. The van der Waals surface area contributed by atoms with Crippen LogP contribution in [0.25, 0.3) is 0 Å². The monoisotopic (exact) mass is 263 g/mol. The first-order valence-corrected chi connectivity index (χ1v) is 6.85. The molecule has 2 atom stereocenters. The summed E-state index contributed by atoms with van der Waals surface area (Å²) in [6, 6.07) is 1.77. The van der Waals surface area contributed by atoms with Crippen molar-refractivity contribution in [2.75, 3.05) is 11.1 Å². The van der Waals surface area contributed by atoms with Gasteiger partial charge >= 0.3 is 5.97 Å². The Labute approximate surface area is 113 Å². The van der Waals surface area contributed by atoms with Crippen molar-refractivity contribution in [1.82, 2.24) is 4.98 Å². The van der Waals surface area contributed by atoms with E-state index in [1.54, 1.807) is 0 Å². The summed E-state index contributed by atoms with van der Waals surface area (Å²) >= 11 is 0. The molecule has 5 nitrogen and oxygen atoms in total. The molecule has 0 saturated heterocycles. The van der Waals surface area contributed by atoms with Gasteiger partial charge < -0.3 is 16.2 Å². The maximum absolute atomic E-state index is 11.2. The number of rotatable bonds is 4. The number of carboxylic acid groups (broad SMARTS) is 1. The molecule has 1 aromatic rings. The summed E-state index contributed by atoms with van der Waals surface area (Å²) in [7, 11) is 0. The molecule has 0 amide bonds. The SMILES string of the molecule is CCC1CCCC(Nc2ncc(N)cc2C(=O)O)C1. The quantitative estimate of drug-likeness (QED) is 0.777. The first kappa shape index (κ1) is 13.6. The van der Waals surface area contributed by atoms with E-state index in [9.17, 15) is 9.90 Å². The summed E-state index contributed by atoms with van der Waals surface area (Å²) in [5.41, 5.74) is 6.11. The molecular weight excluding hydrogens is 242 g/mol. The molecule has 0 aliphatic heterocycles. The van der Waals surface area contributed by atoms with Gasteiger partial charge in [0.15, 0.2) is 0 Å². The molecule has 1 aliphatic carbocycles. The Bertz CT molecular complexity index is 462. The molecule has 5 heteroatoms. The predicted molar refractivity (Wildman–Crippen MR) is 75.3 cm³/mol. The number of nitrogens with zero attached hydrogens (tertiary/aromatic N) is 1. The van der Waals surface area contributed by atoms with Crippen LogP contribution in [0.3, 0.4) is 0 Å². The van der Waals surface area contributed by atoms with Crippen molar-refractivity contribution in [3.05, 3.63) is 17.8 Å². The second-order valence-electron chi connectivity index (χ2n) is 5.25. The van der Waals surface area contributed by atoms with Crippen molar-refractivity contribution < 1.29 is 9.90 Å². The van der Waals surface area contributed by atoms with Crippen molar-refractivity contribution in [2.24, 2.45) is 5.92 Å². The molecule has 0 bridgehead atoms. The third-order valence-electron chi connectivity index (χ3n) is 3.84. The fourth-order valence-corrected chi connectivity index (χ4v) is 2.75. The molecule has 0 aromatic carbocycles. The van der Waals surface area contributed by atoms with Gasteiger partial charge in [0, 0.05) is 6.04 Å². The molecule has 1 heterocycles. The molecule has 104 valence electrons. The van der Waals surface area contributed by atoms with Crippen LogP contribution in [0.4, 0.5) is 11.5 Å². The number of nitrogens with two attached hydrogens (primary N) is 1. The van der Waals surface area contributed by atoms with Gasteiger partial charge in [-0.15, -0.1) is 0 Å². The second-order valence-corrected chi connectivity index (χ2v) is 5.25. The Hall–Kier alpha value is -1.78. The van der Waals surface area contributed by atoms with E-state index in [2.05, 4.69) is 17.2 Å². The number of aromatic nitrogens is 1. The zero-order valence-electron chi connectivity index (χ0n) is 11.2. The minimum atomic E-state index is -0.995. The van der Waals surface area contributed by atoms with Crippen LogP contribution in [0.2, 0.25) is 0 Å². The number of aromatic carboxylic acids is 1. The van der Waals surface area contributed by atoms with Crippen LogP contribution in [0.5, 0.6) is 0 Å². The Morgan fingerprint density at radius 1 is 1.58 bits per heavy atom. The minimum absolute atomic E-state index is 0.152. The second kappa shape index (κ2) is 5.91. The lowest BCUT2D eigenvalue weighted by Crippen LogP contribution is -2.28. The minimum Gasteiger partial charge on any atom is -0.478 e. The number of anilines is 2. The van der Waals surface area contributed by atoms with E-state index in [1.807, 2.05) is 0 Å². The zero-order chi connectivity index (χ0) is 13.8. The van der Waals surface area contributed by atoms with Crippen molar-refractivity contribution in [2.45, 2.75) is 45.1 Å². The number of nitrogens with one attached hydrogen (secondary N) is 1. The van der Waals surface area contributed by atoms with Gasteiger partial charge in [-0.25, -0.2) is 9.78 Å². The topological polar surface area (TPSA) is 88.2 Å². The van der Waals surface area contributed by atoms with Crippen molar-refractivity contribution in [3.8, 4) is 0 Å². The van der Waals surface area contributed by atoms with Gasteiger partial charge in [0.25, 0.3) is 0 Å². The van der Waals surface area contributed by atoms with Crippen LogP contribution in [0, 0.1) is 5.92 Å². The smallest absolute Gasteiger partial charge is 0.339 e. The third-order valence-corrected chi connectivity index (χ3v) is 3.84. The fourth-order valence-electron chi connectivity index (χ4n) is 2.75. The van der Waals surface area contributed by atoms with Crippen LogP contribution in [-0.4, -0.2) is 22.1 Å². The summed E-state index contributed by atoms with van der Waals surface area (Å²) in [6.45, 7) is 2.21. The summed E-state index contributed by atoms with van der Waals surface area (Å²) in [6.07, 6.45) is 7.29. The van der Waals surface area contributed by atoms with E-state index in [0.29, 0.717) is 17.5 Å². The normalized spacial score (nSPS) is 23.0. The van der Waals surface area contributed by atoms with Gasteiger partial charge in [-0.2, -0.15) is 0 Å². The number of hydrogen-bond acceptors (Lipinski definition) is 4. The van der Waals surface area contributed by atoms with E-state index in [1.165, 1.54) is 31.5 Å². The summed E-state index contributed by atoms with van der Waals surface area (Å²) in [5, 5.41) is 12.5. The van der Waals surface area contributed by atoms with Crippen LogP contribution < -0.4 is 11.1 Å². The molecule has 2 rings (SSSR count). The van der Waals surface area contributed by atoms with Gasteiger partial charge in [0.1, 0.15) is 11.4 Å². The fraction of sp³-hybridized carbons (Fsp3) is 0.571. The van der Waals surface area contributed by atoms with Gasteiger partial charge in [0.05, 0.1) is 11.9 Å². The van der Waals surface area contributed by atoms with E-state index in [-0.39, 0.29) is 5.56 Å². The average Bonchev–Trinajstić information content (AvgIpc) is 2.41. The Morgan fingerprint density at radius 3 is 3.05 bits per heavy atom. The maximum Gasteiger partial charge on any atom is 0.339 e. The Balaban J connectivity index is 2.12. The largest absolute Gasteiger partial charge is 0.478 e. The van der Waals surface area contributed by atoms with E-state index < -0.39 is 5.97 Å². The number of carbonyl (C=O) groups is 1. The van der Waals surface area contributed by atoms with Crippen LogP contribution in [-0.2, 0) is 0 Å². The number of nitrogen functional groups attached to an aromatic ring is 1. The maximum atomic E-state index is 11.2. The first-order valence-electron chi connectivity index (χ1n) is 6.85. The standard InChI is InChI=1S/C14H21N3O2/c1-2-9-4-3-5-11(6-9)17-13-12(14(18)19)7-10(15)8-16-13/h7-9,11H,2-6,15H2,1H3,(H,16,17)(H,18,19). The molecule has 2 unspecified atom stereocenters. The number of pyridine rings is 1. The molecule has 1 fully saturated rings. The molecular formula is C14H21N3O2. The summed E-state index contributed by atoms with van der Waals surface area (Å²) < 4.78 is 0. The van der Waals surface area contributed by atoms with Gasteiger partial charge in [-0.1, -0.05) is 26.2 Å². The molecule has 0 spiro atoms. The lowest BCUT2D eigenvalue weighted by atomic mass is 9.84. The van der Waals surface area contributed by atoms with Gasteiger partial charge in [-0.05, 0) is 24.8 Å². The molecule has 0 radical (unpaired) electrons. The zero-order valence-corrected chi connectivity index (χ0v) is 11.2. The van der Waals surface area contributed by atoms with Gasteiger partial charge in [-0.3, -0.25) is 0 Å². The average molecular weight is 263 g/mol. The van der Waals surface area contributed by atoms with Crippen LogP contribution >= 0.6 is 0 Å². The van der Waals surface area contributed by atoms with Gasteiger partial charge in [0.2, 0.25) is 0 Å². The predicted octanol–water partition coefficient (Wildman–Crippen LogP) is 2.74. The molecule has 19 heavy (non-hydrogen) atoms. The van der Waals surface area contributed by atoms with E-state index in [4.69, 9.17) is 5.73 Å². The lowest BCUT2D eigenvalue weighted by molar-refractivity contribution is 0.0697. The van der Waals surface area contributed by atoms with Crippen LogP contribution in [0.1, 0.15) is 49.4 Å². The van der Waals surface area contributed by atoms with E-state index in [0.717, 1.165) is 18.8 Å². The molecule has 1 aliphatic rings. The molecule has 4 N–H and O–H groups in total. The summed E-state index contributed by atoms with van der Waals surface area (Å²) in [4.78, 5) is 15.3. The third kappa shape index (κ3) is 3.36. The van der Waals surface area contributed by atoms with Crippen LogP contribution in [0.15, 0.2) is 12.3 Å². The lowest BCUT2D eigenvalue weighted by Gasteiger charge is -2.29. The Kier molecular flexibility index (Phi) is 4.24. The van der Waals surface area contributed by atoms with Crippen molar-refractivity contribution >= 4 is 17.5 Å². The highest BCUT2D eigenvalue weighted by atomic mass is 16.4. The number of carboxylic acids is 1. The molecule has 1 aromatic heterocycles. The highest BCUT2D eigenvalue weighted by Gasteiger charge is 2.22. The molecule has 1 saturated carbocycles. The summed E-state index contributed by atoms with van der Waals surface area (Å²) in [5.74, 6) is 0.168. The first-order chi connectivity index (χ1) is 9.10. The Morgan fingerprint density at radius 2 is 2.37 bits per heavy atom. The van der Waals surface area contributed by atoms with E-state index >= 15 is 0 Å². The highest BCUT2D eigenvalue weighted by Crippen LogP contribution is 2.29. The van der Waals surface area contributed by atoms with Crippen molar-refractivity contribution in [3.63, 3.8) is 0 Å². The number of hydrogen-bond donors (Lipinski definition) is 3. The van der Waals surface area contributed by atoms with Crippen molar-refractivity contribution in [1.29, 1.82) is 0 Å².